The number of carboxylic acids is 2. The van der Waals surface area contributed by atoms with Gasteiger partial charge in [-0.25, -0.2) is 9.59 Å². The van der Waals surface area contributed by atoms with Crippen LogP contribution in [0.1, 0.15) is 24.8 Å². The summed E-state index contributed by atoms with van der Waals surface area (Å²) < 4.78 is 6.02. The number of rotatable bonds is 6. The van der Waals surface area contributed by atoms with E-state index in [1.807, 2.05) is 18.3 Å². The molecule has 188 valence electrons. The Hall–Kier alpha value is -3.88. The first-order chi connectivity index (χ1) is 17.4. The molecule has 5 rings (SSSR count). The number of fused-ring (bicyclic) bond motifs is 2. The number of piperidine rings is 1. The topological polar surface area (TPSA) is 123 Å². The van der Waals surface area contributed by atoms with Crippen LogP contribution in [0.2, 0.25) is 0 Å². The molecule has 0 spiro atoms. The number of nitrogens with one attached hydrogen (secondary N) is 1. The van der Waals surface area contributed by atoms with E-state index in [1.54, 1.807) is 0 Å². The number of likely N-dealkylation sites (tertiary alicyclic amines) is 1. The molecule has 0 bridgehead atoms. The Morgan fingerprint density at radius 1 is 0.917 bits per heavy atom. The van der Waals surface area contributed by atoms with Gasteiger partial charge in [-0.3, -0.25) is 0 Å². The maximum absolute atomic E-state index is 11.3. The molecule has 1 fully saturated rings. The second-order valence-corrected chi connectivity index (χ2v) is 8.94. The van der Waals surface area contributed by atoms with Gasteiger partial charge in [0.2, 0.25) is 0 Å². The quantitative estimate of drug-likeness (QED) is 0.236. The van der Waals surface area contributed by atoms with E-state index >= 15 is 0 Å². The number of benzene rings is 3. The number of hydrogen-bond acceptors (Lipinski definition) is 5. The number of aromatic nitrogens is 1. The highest BCUT2D eigenvalue weighted by Gasteiger charge is 2.33. The molecule has 0 amide bonds. The maximum Gasteiger partial charge on any atom is 0.414 e. The van der Waals surface area contributed by atoms with Crippen LogP contribution in [0.15, 0.2) is 72.9 Å². The minimum atomic E-state index is -1.82. The van der Waals surface area contributed by atoms with Gasteiger partial charge in [0.15, 0.2) is 0 Å². The van der Waals surface area contributed by atoms with Gasteiger partial charge in [0.05, 0.1) is 12.2 Å². The van der Waals surface area contributed by atoms with E-state index in [0.717, 1.165) is 61.1 Å². The van der Waals surface area contributed by atoms with Gasteiger partial charge in [0.1, 0.15) is 5.75 Å². The average Bonchev–Trinajstić information content (AvgIpc) is 3.37. The lowest BCUT2D eigenvalue weighted by Gasteiger charge is -2.38. The molecule has 2 heterocycles. The molecule has 1 aliphatic heterocycles. The number of hydrogen-bond donors (Lipinski definition) is 4. The van der Waals surface area contributed by atoms with Crippen LogP contribution in [0, 0.1) is 0 Å². The van der Waals surface area contributed by atoms with E-state index in [9.17, 15) is 5.11 Å². The van der Waals surface area contributed by atoms with Crippen molar-refractivity contribution in [3.05, 3.63) is 78.5 Å². The summed E-state index contributed by atoms with van der Waals surface area (Å²) in [5.41, 5.74) is 1.43. The summed E-state index contributed by atoms with van der Waals surface area (Å²) in [5.74, 6) is -2.71. The second kappa shape index (κ2) is 11.2. The number of aliphatic carboxylic acids is 2. The molecule has 0 unspecified atom stereocenters. The predicted molar refractivity (Wildman–Crippen MR) is 137 cm³/mol. The van der Waals surface area contributed by atoms with Gasteiger partial charge in [-0.1, -0.05) is 42.5 Å². The molecule has 0 saturated carbocycles. The lowest BCUT2D eigenvalue weighted by atomic mass is 9.83. The summed E-state index contributed by atoms with van der Waals surface area (Å²) in [6.07, 6.45) is 4.47. The SMILES string of the molecule is O=C(O)C(=O)O.OC1(c2ccc3ccccc3c2)CCN(CCCOc2cccc3[nH]ccc23)CC1. The zero-order valence-electron chi connectivity index (χ0n) is 19.9. The van der Waals surface area contributed by atoms with Crippen molar-refractivity contribution < 1.29 is 29.6 Å². The van der Waals surface area contributed by atoms with Crippen molar-refractivity contribution in [1.82, 2.24) is 9.88 Å². The number of carboxylic acid groups (broad SMARTS) is 2. The number of H-pyrrole nitrogens is 1. The normalized spacial score (nSPS) is 15.2. The fourth-order valence-electron chi connectivity index (χ4n) is 4.57. The van der Waals surface area contributed by atoms with Gasteiger partial charge < -0.3 is 29.9 Å². The molecule has 4 N–H and O–H groups in total. The Bertz CT molecular complexity index is 1330. The molecule has 1 aromatic heterocycles. The smallest absolute Gasteiger partial charge is 0.414 e. The number of nitrogens with zero attached hydrogens (tertiary/aromatic N) is 1. The molecule has 0 radical (unpaired) electrons. The Balaban J connectivity index is 0.000000455. The standard InChI is InChI=1S/C26H28N2O2.C2H2O4/c29-26(22-10-9-20-5-1-2-6-21(20)19-22)12-16-28(17-13-26)15-4-18-30-25-8-3-7-24-23(25)11-14-27-24;3-1(4)2(5)6/h1-3,5-11,14,19,27,29H,4,12-13,15-18H2;(H,3,4)(H,5,6). The van der Waals surface area contributed by atoms with Crippen LogP contribution in [0.5, 0.6) is 5.75 Å². The highest BCUT2D eigenvalue weighted by molar-refractivity contribution is 6.27. The van der Waals surface area contributed by atoms with E-state index in [-0.39, 0.29) is 0 Å². The first-order valence-electron chi connectivity index (χ1n) is 11.9. The van der Waals surface area contributed by atoms with Gasteiger partial charge in [0, 0.05) is 36.7 Å². The number of aliphatic hydroxyl groups is 1. The molecule has 8 nitrogen and oxygen atoms in total. The highest BCUT2D eigenvalue weighted by Crippen LogP contribution is 2.34. The largest absolute Gasteiger partial charge is 0.493 e. The summed E-state index contributed by atoms with van der Waals surface area (Å²) in [7, 11) is 0. The summed E-state index contributed by atoms with van der Waals surface area (Å²) in [5, 5.41) is 29.6. The summed E-state index contributed by atoms with van der Waals surface area (Å²) in [6, 6.07) is 22.9. The number of ether oxygens (including phenoxy) is 1. The van der Waals surface area contributed by atoms with Crippen molar-refractivity contribution in [2.75, 3.05) is 26.2 Å². The maximum atomic E-state index is 11.3. The molecule has 1 saturated heterocycles. The van der Waals surface area contributed by atoms with E-state index in [1.165, 1.54) is 10.8 Å². The average molecular weight is 491 g/mol. The molecule has 36 heavy (non-hydrogen) atoms. The predicted octanol–water partition coefficient (Wildman–Crippen LogP) is 4.23. The van der Waals surface area contributed by atoms with Crippen molar-refractivity contribution in [1.29, 1.82) is 0 Å². The molecular formula is C28H30N2O6. The molecular weight excluding hydrogens is 460 g/mol. The lowest BCUT2D eigenvalue weighted by Crippen LogP contribution is -2.43. The zero-order chi connectivity index (χ0) is 25.5. The fourth-order valence-corrected chi connectivity index (χ4v) is 4.57. The molecule has 3 aromatic carbocycles. The molecule has 8 heteroatoms. The van der Waals surface area contributed by atoms with Crippen molar-refractivity contribution in [3.8, 4) is 5.75 Å². The Morgan fingerprint density at radius 3 is 2.36 bits per heavy atom. The van der Waals surface area contributed by atoms with Gasteiger partial charge in [-0.05, 0) is 59.9 Å². The first kappa shape index (κ1) is 25.2. The summed E-state index contributed by atoms with van der Waals surface area (Å²) >= 11 is 0. The highest BCUT2D eigenvalue weighted by atomic mass is 16.5. The van der Waals surface area contributed by atoms with Crippen LogP contribution in [0.4, 0.5) is 0 Å². The second-order valence-electron chi connectivity index (χ2n) is 8.94. The zero-order valence-corrected chi connectivity index (χ0v) is 19.9. The van der Waals surface area contributed by atoms with Crippen molar-refractivity contribution in [3.63, 3.8) is 0 Å². The third-order valence-electron chi connectivity index (χ3n) is 6.58. The minimum Gasteiger partial charge on any atom is -0.493 e. The Labute approximate surface area is 208 Å². The van der Waals surface area contributed by atoms with E-state index in [4.69, 9.17) is 24.5 Å². The van der Waals surface area contributed by atoms with Crippen molar-refractivity contribution in [2.45, 2.75) is 24.9 Å². The van der Waals surface area contributed by atoms with Crippen LogP contribution in [0.25, 0.3) is 21.7 Å². The monoisotopic (exact) mass is 490 g/mol. The third-order valence-corrected chi connectivity index (χ3v) is 6.58. The van der Waals surface area contributed by atoms with Crippen molar-refractivity contribution >= 4 is 33.6 Å². The van der Waals surface area contributed by atoms with Crippen molar-refractivity contribution in [2.24, 2.45) is 0 Å². The van der Waals surface area contributed by atoms with E-state index in [2.05, 4.69) is 64.5 Å². The number of aromatic amines is 1. The van der Waals surface area contributed by atoms with Crippen LogP contribution in [0.3, 0.4) is 0 Å². The van der Waals surface area contributed by atoms with E-state index in [0.29, 0.717) is 6.61 Å². The summed E-state index contributed by atoms with van der Waals surface area (Å²) in [6.45, 7) is 3.53. The van der Waals surface area contributed by atoms with Crippen LogP contribution >= 0.6 is 0 Å². The van der Waals surface area contributed by atoms with Crippen LogP contribution in [-0.4, -0.2) is 63.4 Å². The fraction of sp³-hybridized carbons (Fsp3) is 0.286. The molecule has 4 aromatic rings. The van der Waals surface area contributed by atoms with Gasteiger partial charge in [0.25, 0.3) is 0 Å². The first-order valence-corrected chi connectivity index (χ1v) is 11.9. The molecule has 0 atom stereocenters. The number of carbonyl (C=O) groups is 2. The Kier molecular flexibility index (Phi) is 7.87. The molecule has 0 aliphatic carbocycles. The summed E-state index contributed by atoms with van der Waals surface area (Å²) in [4.78, 5) is 23.9. The molecule has 1 aliphatic rings. The minimum absolute atomic E-state index is 0.704. The third kappa shape index (κ3) is 6.02. The Morgan fingerprint density at radius 2 is 1.64 bits per heavy atom. The van der Waals surface area contributed by atoms with E-state index < -0.39 is 17.5 Å². The van der Waals surface area contributed by atoms with Crippen LogP contribution < -0.4 is 4.74 Å². The van der Waals surface area contributed by atoms with Gasteiger partial charge >= 0.3 is 11.9 Å². The van der Waals surface area contributed by atoms with Gasteiger partial charge in [-0.2, -0.15) is 0 Å². The lowest BCUT2D eigenvalue weighted by molar-refractivity contribution is -0.159. The van der Waals surface area contributed by atoms with Crippen LogP contribution in [-0.2, 0) is 15.2 Å². The van der Waals surface area contributed by atoms with Gasteiger partial charge in [-0.15, -0.1) is 0 Å².